The average molecular weight is 352 g/mol. The lowest BCUT2D eigenvalue weighted by Crippen LogP contribution is -2.37. The molecule has 1 aromatic carbocycles. The summed E-state index contributed by atoms with van der Waals surface area (Å²) >= 11 is 0. The fourth-order valence-corrected chi connectivity index (χ4v) is 3.06. The number of phenols is 1. The molecule has 0 spiro atoms. The Morgan fingerprint density at radius 2 is 2.04 bits per heavy atom. The number of aromatic nitrogens is 3. The highest BCUT2D eigenvalue weighted by Gasteiger charge is 2.19. The van der Waals surface area contributed by atoms with E-state index in [4.69, 9.17) is 14.5 Å². The SMILES string of the molecule is COCc1cnc2c(N3CCOCC3)nc(-c3cccc(O)c3)nc2c1. The largest absolute Gasteiger partial charge is 0.508 e. The number of hydrogen-bond acceptors (Lipinski definition) is 7. The minimum absolute atomic E-state index is 0.186. The molecule has 0 atom stereocenters. The van der Waals surface area contributed by atoms with Crippen molar-refractivity contribution in [2.45, 2.75) is 6.61 Å². The molecule has 26 heavy (non-hydrogen) atoms. The summed E-state index contributed by atoms with van der Waals surface area (Å²) in [6, 6.07) is 8.94. The second kappa shape index (κ2) is 7.23. The van der Waals surface area contributed by atoms with Crippen molar-refractivity contribution in [1.82, 2.24) is 15.0 Å². The summed E-state index contributed by atoms with van der Waals surface area (Å²) in [5.74, 6) is 1.54. The van der Waals surface area contributed by atoms with E-state index in [9.17, 15) is 5.11 Å². The van der Waals surface area contributed by atoms with Gasteiger partial charge in [-0.2, -0.15) is 0 Å². The summed E-state index contributed by atoms with van der Waals surface area (Å²) in [7, 11) is 1.65. The van der Waals surface area contributed by atoms with Gasteiger partial charge in [0.25, 0.3) is 0 Å². The van der Waals surface area contributed by atoms with Crippen LogP contribution in [0.2, 0.25) is 0 Å². The maximum absolute atomic E-state index is 9.81. The van der Waals surface area contributed by atoms with Crippen molar-refractivity contribution in [2.75, 3.05) is 38.3 Å². The quantitative estimate of drug-likeness (QED) is 0.772. The Balaban J connectivity index is 1.88. The first-order chi connectivity index (χ1) is 12.7. The highest BCUT2D eigenvalue weighted by molar-refractivity contribution is 5.88. The van der Waals surface area contributed by atoms with E-state index in [2.05, 4.69) is 14.9 Å². The van der Waals surface area contributed by atoms with Gasteiger partial charge in [0.1, 0.15) is 11.3 Å². The van der Waals surface area contributed by atoms with E-state index in [1.54, 1.807) is 31.5 Å². The molecule has 0 aliphatic carbocycles. The van der Waals surface area contributed by atoms with Crippen LogP contribution in [0.1, 0.15) is 5.56 Å². The van der Waals surface area contributed by atoms with Crippen molar-refractivity contribution in [3.05, 3.63) is 42.1 Å². The first kappa shape index (κ1) is 16.7. The minimum atomic E-state index is 0.186. The van der Waals surface area contributed by atoms with Crippen LogP contribution < -0.4 is 4.90 Å². The highest BCUT2D eigenvalue weighted by Crippen LogP contribution is 2.28. The van der Waals surface area contributed by atoms with Gasteiger partial charge in [0, 0.05) is 32.0 Å². The van der Waals surface area contributed by atoms with E-state index < -0.39 is 0 Å². The predicted octanol–water partition coefficient (Wildman–Crippen LogP) is 2.38. The van der Waals surface area contributed by atoms with E-state index in [0.717, 1.165) is 41.1 Å². The molecule has 1 fully saturated rings. The third kappa shape index (κ3) is 3.31. The fourth-order valence-electron chi connectivity index (χ4n) is 3.06. The van der Waals surface area contributed by atoms with E-state index in [0.29, 0.717) is 25.6 Å². The minimum Gasteiger partial charge on any atom is -0.508 e. The first-order valence-corrected chi connectivity index (χ1v) is 8.52. The topological polar surface area (TPSA) is 80.6 Å². The van der Waals surface area contributed by atoms with Gasteiger partial charge in [-0.1, -0.05) is 12.1 Å². The summed E-state index contributed by atoms with van der Waals surface area (Å²) in [5.41, 5.74) is 3.23. The number of pyridine rings is 1. The summed E-state index contributed by atoms with van der Waals surface area (Å²) < 4.78 is 10.7. The van der Waals surface area contributed by atoms with Gasteiger partial charge in [-0.25, -0.2) is 9.97 Å². The molecule has 3 heterocycles. The molecule has 0 saturated carbocycles. The van der Waals surface area contributed by atoms with Gasteiger partial charge >= 0.3 is 0 Å². The summed E-state index contributed by atoms with van der Waals surface area (Å²) in [6.07, 6.45) is 1.80. The predicted molar refractivity (Wildman–Crippen MR) is 98.2 cm³/mol. The number of nitrogens with zero attached hydrogens (tertiary/aromatic N) is 4. The second-order valence-electron chi connectivity index (χ2n) is 6.16. The third-order valence-electron chi connectivity index (χ3n) is 4.30. The van der Waals surface area contributed by atoms with Crippen molar-refractivity contribution in [3.63, 3.8) is 0 Å². The number of hydrogen-bond donors (Lipinski definition) is 1. The van der Waals surface area contributed by atoms with E-state index >= 15 is 0 Å². The second-order valence-corrected chi connectivity index (χ2v) is 6.16. The number of fused-ring (bicyclic) bond motifs is 1. The molecular weight excluding hydrogens is 332 g/mol. The Hall–Kier alpha value is -2.77. The number of benzene rings is 1. The van der Waals surface area contributed by atoms with Gasteiger partial charge in [-0.3, -0.25) is 4.98 Å². The average Bonchev–Trinajstić information content (AvgIpc) is 2.68. The molecule has 3 aromatic rings. The molecule has 7 nitrogen and oxygen atoms in total. The van der Waals surface area contributed by atoms with Gasteiger partial charge in [-0.15, -0.1) is 0 Å². The molecule has 0 unspecified atom stereocenters. The van der Waals surface area contributed by atoms with Gasteiger partial charge < -0.3 is 19.5 Å². The van der Waals surface area contributed by atoms with Crippen LogP contribution in [-0.4, -0.2) is 53.5 Å². The number of ether oxygens (including phenoxy) is 2. The number of morpholine rings is 1. The monoisotopic (exact) mass is 352 g/mol. The molecule has 1 aliphatic rings. The molecule has 7 heteroatoms. The maximum atomic E-state index is 9.81. The smallest absolute Gasteiger partial charge is 0.162 e. The third-order valence-corrected chi connectivity index (χ3v) is 4.30. The number of rotatable bonds is 4. The normalized spacial score (nSPS) is 14.7. The first-order valence-electron chi connectivity index (χ1n) is 8.52. The Bertz CT molecular complexity index is 926. The molecule has 4 rings (SSSR count). The number of anilines is 1. The zero-order chi connectivity index (χ0) is 17.9. The number of methoxy groups -OCH3 is 1. The van der Waals surface area contributed by atoms with Gasteiger partial charge in [0.15, 0.2) is 11.6 Å². The fraction of sp³-hybridized carbons (Fsp3) is 0.316. The molecule has 0 radical (unpaired) electrons. The van der Waals surface area contributed by atoms with Crippen LogP contribution in [0.15, 0.2) is 36.5 Å². The number of phenolic OH excluding ortho intramolecular Hbond substituents is 1. The van der Waals surface area contributed by atoms with Crippen LogP contribution in [0.4, 0.5) is 5.82 Å². The molecule has 2 aromatic heterocycles. The van der Waals surface area contributed by atoms with Crippen molar-refractivity contribution < 1.29 is 14.6 Å². The standard InChI is InChI=1S/C19H20N4O3/c1-25-12-13-9-16-17(20-11-13)19(23-5-7-26-8-6-23)22-18(21-16)14-3-2-4-15(24)10-14/h2-4,9-11,24H,5-8,12H2,1H3. The molecule has 134 valence electrons. The highest BCUT2D eigenvalue weighted by atomic mass is 16.5. The Morgan fingerprint density at radius 1 is 1.19 bits per heavy atom. The van der Waals surface area contributed by atoms with Crippen LogP contribution >= 0.6 is 0 Å². The lowest BCUT2D eigenvalue weighted by atomic mass is 10.2. The zero-order valence-electron chi connectivity index (χ0n) is 14.6. The number of aromatic hydroxyl groups is 1. The van der Waals surface area contributed by atoms with E-state index in [1.807, 2.05) is 12.1 Å². The Kier molecular flexibility index (Phi) is 4.64. The van der Waals surface area contributed by atoms with Crippen molar-refractivity contribution in [3.8, 4) is 17.1 Å². The molecular formula is C19H20N4O3. The molecule has 1 N–H and O–H groups in total. The van der Waals surface area contributed by atoms with Crippen LogP contribution in [0.5, 0.6) is 5.75 Å². The molecule has 0 bridgehead atoms. The summed E-state index contributed by atoms with van der Waals surface area (Å²) in [5, 5.41) is 9.81. The lowest BCUT2D eigenvalue weighted by Gasteiger charge is -2.28. The van der Waals surface area contributed by atoms with Gasteiger partial charge in [0.2, 0.25) is 0 Å². The lowest BCUT2D eigenvalue weighted by molar-refractivity contribution is 0.122. The molecule has 0 amide bonds. The van der Waals surface area contributed by atoms with Crippen LogP contribution in [0, 0.1) is 0 Å². The van der Waals surface area contributed by atoms with E-state index in [1.165, 1.54) is 0 Å². The van der Waals surface area contributed by atoms with Gasteiger partial charge in [0.05, 0.1) is 25.3 Å². The molecule has 1 saturated heterocycles. The van der Waals surface area contributed by atoms with Gasteiger partial charge in [-0.05, 0) is 23.8 Å². The summed E-state index contributed by atoms with van der Waals surface area (Å²) in [6.45, 7) is 3.31. The van der Waals surface area contributed by atoms with Crippen molar-refractivity contribution in [2.24, 2.45) is 0 Å². The van der Waals surface area contributed by atoms with Crippen molar-refractivity contribution in [1.29, 1.82) is 0 Å². The summed E-state index contributed by atoms with van der Waals surface area (Å²) in [4.78, 5) is 16.2. The maximum Gasteiger partial charge on any atom is 0.162 e. The van der Waals surface area contributed by atoms with Crippen molar-refractivity contribution >= 4 is 16.9 Å². The molecule has 1 aliphatic heterocycles. The Labute approximate surface area is 151 Å². The Morgan fingerprint density at radius 3 is 2.81 bits per heavy atom. The van der Waals surface area contributed by atoms with Crippen LogP contribution in [0.25, 0.3) is 22.4 Å². The van der Waals surface area contributed by atoms with E-state index in [-0.39, 0.29) is 5.75 Å². The van der Waals surface area contributed by atoms with Crippen LogP contribution in [0.3, 0.4) is 0 Å². The zero-order valence-corrected chi connectivity index (χ0v) is 14.6. The van der Waals surface area contributed by atoms with Crippen LogP contribution in [-0.2, 0) is 16.1 Å².